The average Bonchev–Trinajstić information content (AvgIpc) is 2.44. The Bertz CT molecular complexity index is 686. The molecule has 2 N–H and O–H groups in total. The molecule has 0 fully saturated rings. The van der Waals surface area contributed by atoms with Crippen molar-refractivity contribution >= 4 is 34.8 Å². The maximum absolute atomic E-state index is 12.5. The van der Waals surface area contributed by atoms with Gasteiger partial charge in [-0.2, -0.15) is 0 Å². The van der Waals surface area contributed by atoms with Crippen molar-refractivity contribution in [2.75, 3.05) is 12.8 Å². The van der Waals surface area contributed by atoms with Crippen LogP contribution in [0.25, 0.3) is 0 Å². The highest BCUT2D eigenvalue weighted by Gasteiger charge is 2.16. The minimum Gasteiger partial charge on any atom is -0.398 e. The highest BCUT2D eigenvalue weighted by atomic mass is 35.5. The number of aryl methyl sites for hydroxylation is 1. The average molecular weight is 323 g/mol. The predicted octanol–water partition coefficient (Wildman–Crippen LogP) is 4.16. The van der Waals surface area contributed by atoms with Crippen molar-refractivity contribution in [3.8, 4) is 0 Å². The Labute approximate surface area is 134 Å². The highest BCUT2D eigenvalue weighted by molar-refractivity contribution is 6.35. The van der Waals surface area contributed by atoms with E-state index in [1.807, 2.05) is 25.1 Å². The molecule has 0 heterocycles. The summed E-state index contributed by atoms with van der Waals surface area (Å²) in [5.41, 5.74) is 8.71. The smallest absolute Gasteiger partial charge is 0.255 e. The first-order valence-electron chi connectivity index (χ1n) is 6.44. The van der Waals surface area contributed by atoms with Crippen LogP contribution in [0.3, 0.4) is 0 Å². The Balaban J connectivity index is 2.21. The van der Waals surface area contributed by atoms with Crippen LogP contribution in [0.15, 0.2) is 36.4 Å². The van der Waals surface area contributed by atoms with Gasteiger partial charge in [0.25, 0.3) is 5.91 Å². The first-order chi connectivity index (χ1) is 9.90. The molecule has 1 amide bonds. The van der Waals surface area contributed by atoms with Gasteiger partial charge in [0.1, 0.15) is 0 Å². The van der Waals surface area contributed by atoms with Gasteiger partial charge in [-0.3, -0.25) is 4.79 Å². The van der Waals surface area contributed by atoms with E-state index < -0.39 is 0 Å². The summed E-state index contributed by atoms with van der Waals surface area (Å²) in [6, 6.07) is 10.7. The summed E-state index contributed by atoms with van der Waals surface area (Å²) in [5.74, 6) is -0.137. The van der Waals surface area contributed by atoms with Crippen molar-refractivity contribution in [3.05, 3.63) is 63.1 Å². The van der Waals surface area contributed by atoms with Crippen molar-refractivity contribution < 1.29 is 4.79 Å². The molecule has 110 valence electrons. The van der Waals surface area contributed by atoms with E-state index in [0.717, 1.165) is 11.1 Å². The second-order valence-corrected chi connectivity index (χ2v) is 5.78. The van der Waals surface area contributed by atoms with Gasteiger partial charge in [0.2, 0.25) is 0 Å². The third kappa shape index (κ3) is 3.49. The minimum absolute atomic E-state index is 0.137. The fourth-order valence-electron chi connectivity index (χ4n) is 2.05. The van der Waals surface area contributed by atoms with E-state index in [-0.39, 0.29) is 5.91 Å². The van der Waals surface area contributed by atoms with E-state index >= 15 is 0 Å². The molecule has 21 heavy (non-hydrogen) atoms. The number of halogens is 2. The number of hydrogen-bond acceptors (Lipinski definition) is 2. The normalized spacial score (nSPS) is 10.5. The number of para-hydroxylation sites is 1. The largest absolute Gasteiger partial charge is 0.398 e. The molecule has 2 rings (SSSR count). The second kappa shape index (κ2) is 6.37. The molecule has 0 aliphatic rings. The number of nitrogens with zero attached hydrogens (tertiary/aromatic N) is 1. The fourth-order valence-corrected chi connectivity index (χ4v) is 2.52. The zero-order chi connectivity index (χ0) is 15.6. The number of carbonyl (C=O) groups is 1. The number of nitrogens with two attached hydrogens (primary N) is 1. The lowest BCUT2D eigenvalue weighted by Crippen LogP contribution is -2.27. The van der Waals surface area contributed by atoms with Gasteiger partial charge in [-0.15, -0.1) is 0 Å². The van der Waals surface area contributed by atoms with Crippen LogP contribution in [0.5, 0.6) is 0 Å². The van der Waals surface area contributed by atoms with E-state index in [9.17, 15) is 4.79 Å². The summed E-state index contributed by atoms with van der Waals surface area (Å²) in [6.07, 6.45) is 0. The van der Waals surface area contributed by atoms with Gasteiger partial charge in [-0.05, 0) is 36.2 Å². The molecule has 0 bridgehead atoms. The third-order valence-corrected chi connectivity index (χ3v) is 3.91. The summed E-state index contributed by atoms with van der Waals surface area (Å²) < 4.78 is 0. The quantitative estimate of drug-likeness (QED) is 0.862. The fraction of sp³-hybridized carbons (Fsp3) is 0.188. The van der Waals surface area contributed by atoms with Gasteiger partial charge >= 0.3 is 0 Å². The molecule has 5 heteroatoms. The lowest BCUT2D eigenvalue weighted by Gasteiger charge is -2.19. The van der Waals surface area contributed by atoms with Gasteiger partial charge in [0.15, 0.2) is 0 Å². The van der Waals surface area contributed by atoms with Crippen LogP contribution < -0.4 is 5.73 Å². The Kier molecular flexibility index (Phi) is 4.76. The zero-order valence-corrected chi connectivity index (χ0v) is 13.4. The molecule has 0 aromatic heterocycles. The van der Waals surface area contributed by atoms with E-state index in [1.54, 1.807) is 30.1 Å². The lowest BCUT2D eigenvalue weighted by atomic mass is 10.1. The van der Waals surface area contributed by atoms with Crippen LogP contribution >= 0.6 is 23.2 Å². The molecule has 2 aromatic carbocycles. The summed E-state index contributed by atoms with van der Waals surface area (Å²) in [7, 11) is 1.72. The first kappa shape index (κ1) is 15.7. The third-order valence-electron chi connectivity index (χ3n) is 3.32. The topological polar surface area (TPSA) is 46.3 Å². The van der Waals surface area contributed by atoms with Crippen molar-refractivity contribution in [1.29, 1.82) is 0 Å². The molecule has 0 saturated heterocycles. The SMILES string of the molecule is Cc1cccc(C(=O)N(C)Cc2ccc(Cl)cc2Cl)c1N. The van der Waals surface area contributed by atoms with Crippen molar-refractivity contribution in [2.45, 2.75) is 13.5 Å². The Morgan fingerprint density at radius 2 is 1.95 bits per heavy atom. The molecule has 0 spiro atoms. The molecule has 3 nitrogen and oxygen atoms in total. The van der Waals surface area contributed by atoms with Crippen molar-refractivity contribution in [1.82, 2.24) is 4.90 Å². The molecule has 0 saturated carbocycles. The number of nitrogen functional groups attached to an aromatic ring is 1. The number of carbonyl (C=O) groups excluding carboxylic acids is 1. The predicted molar refractivity (Wildman–Crippen MR) is 87.9 cm³/mol. The molecule has 0 atom stereocenters. The van der Waals surface area contributed by atoms with E-state index in [1.165, 1.54) is 0 Å². The maximum Gasteiger partial charge on any atom is 0.255 e. The number of hydrogen-bond donors (Lipinski definition) is 1. The Morgan fingerprint density at radius 1 is 1.24 bits per heavy atom. The molecule has 0 unspecified atom stereocenters. The maximum atomic E-state index is 12.5. The van der Waals surface area contributed by atoms with Crippen LogP contribution in [0.4, 0.5) is 5.69 Å². The second-order valence-electron chi connectivity index (χ2n) is 4.93. The van der Waals surface area contributed by atoms with Gasteiger partial charge < -0.3 is 10.6 Å². The lowest BCUT2D eigenvalue weighted by molar-refractivity contribution is 0.0786. The molecular weight excluding hydrogens is 307 g/mol. The van der Waals surface area contributed by atoms with Crippen LogP contribution in [0, 0.1) is 6.92 Å². The number of benzene rings is 2. The summed E-state index contributed by atoms with van der Waals surface area (Å²) in [6.45, 7) is 2.27. The highest BCUT2D eigenvalue weighted by Crippen LogP contribution is 2.23. The number of amides is 1. The van der Waals surface area contributed by atoms with Gasteiger partial charge in [-0.1, -0.05) is 41.4 Å². The molecule has 2 aromatic rings. The minimum atomic E-state index is -0.137. The van der Waals surface area contributed by atoms with Gasteiger partial charge in [0, 0.05) is 29.3 Å². The van der Waals surface area contributed by atoms with Crippen LogP contribution in [0.2, 0.25) is 10.0 Å². The first-order valence-corrected chi connectivity index (χ1v) is 7.20. The summed E-state index contributed by atoms with van der Waals surface area (Å²) >= 11 is 12.0. The molecule has 0 aliphatic carbocycles. The van der Waals surface area contributed by atoms with E-state index in [2.05, 4.69) is 0 Å². The molecule has 0 aliphatic heterocycles. The van der Waals surface area contributed by atoms with E-state index in [4.69, 9.17) is 28.9 Å². The monoisotopic (exact) mass is 322 g/mol. The molecule has 0 radical (unpaired) electrons. The Hall–Kier alpha value is -1.71. The summed E-state index contributed by atoms with van der Waals surface area (Å²) in [4.78, 5) is 14.1. The van der Waals surface area contributed by atoms with Crippen molar-refractivity contribution in [3.63, 3.8) is 0 Å². The summed E-state index contributed by atoms with van der Waals surface area (Å²) in [5, 5.41) is 1.11. The number of rotatable bonds is 3. The van der Waals surface area contributed by atoms with Crippen LogP contribution in [0.1, 0.15) is 21.5 Å². The van der Waals surface area contributed by atoms with Gasteiger partial charge in [-0.25, -0.2) is 0 Å². The standard InChI is InChI=1S/C16H16Cl2N2O/c1-10-4-3-5-13(15(10)19)16(21)20(2)9-11-6-7-12(17)8-14(11)18/h3-8H,9,19H2,1-2H3. The number of anilines is 1. The van der Waals surface area contributed by atoms with Crippen LogP contribution in [-0.4, -0.2) is 17.9 Å². The molecular formula is C16H16Cl2N2O. The van der Waals surface area contributed by atoms with Gasteiger partial charge in [0.05, 0.1) is 5.56 Å². The van der Waals surface area contributed by atoms with Crippen molar-refractivity contribution in [2.24, 2.45) is 0 Å². The zero-order valence-electron chi connectivity index (χ0n) is 11.9. The van der Waals surface area contributed by atoms with E-state index in [0.29, 0.717) is 27.8 Å². The Morgan fingerprint density at radius 3 is 2.62 bits per heavy atom. The van der Waals surface area contributed by atoms with Crippen LogP contribution in [-0.2, 0) is 6.54 Å².